The third kappa shape index (κ3) is 0.891. The lowest BCUT2D eigenvalue weighted by molar-refractivity contribution is -0.107. The summed E-state index contributed by atoms with van der Waals surface area (Å²) in [5.74, 6) is 0.106. The lowest BCUT2D eigenvalue weighted by Crippen LogP contribution is -2.23. The van der Waals surface area contributed by atoms with Crippen molar-refractivity contribution in [2.24, 2.45) is 0 Å². The maximum Gasteiger partial charge on any atom is 0.179 e. The summed E-state index contributed by atoms with van der Waals surface area (Å²) < 4.78 is 0. The standard InChI is InChI=1S/C10H8O/c1-7-3-2-4-8-5-9(11)6-10(7)8/h2-6H,1H3. The molecule has 11 heavy (non-hydrogen) atoms. The number of benzene rings is 1. The Labute approximate surface area is 64.7 Å². The Morgan fingerprint density at radius 3 is 2.73 bits per heavy atom. The second kappa shape index (κ2) is 2.06. The Kier molecular flexibility index (Phi) is 1.19. The molecular formula is C10H8O. The van der Waals surface area contributed by atoms with Gasteiger partial charge in [-0.25, -0.2) is 0 Å². The molecule has 54 valence electrons. The highest BCUT2D eigenvalue weighted by Crippen LogP contribution is 1.89. The number of hydrogen-bond donors (Lipinski definition) is 0. The molecule has 1 aliphatic carbocycles. The molecule has 0 aliphatic heterocycles. The summed E-state index contributed by atoms with van der Waals surface area (Å²) >= 11 is 0. The third-order valence-electron chi connectivity index (χ3n) is 1.94. The van der Waals surface area contributed by atoms with Crippen LogP contribution in [-0.2, 0) is 4.79 Å². The van der Waals surface area contributed by atoms with Gasteiger partial charge in [-0.15, -0.1) is 0 Å². The van der Waals surface area contributed by atoms with Crippen molar-refractivity contribution in [3.63, 3.8) is 0 Å². The fourth-order valence-electron chi connectivity index (χ4n) is 1.36. The molecule has 2 rings (SSSR count). The molecule has 0 radical (unpaired) electrons. The SMILES string of the molecule is Cc1cccc2c1=CC(=O)C=2. The number of Topliss-reactive ketones (excluding diaryl/α,β-unsaturated/α-hetero) is 1. The molecule has 0 amide bonds. The number of rotatable bonds is 0. The predicted octanol–water partition coefficient (Wildman–Crippen LogP) is 0.139. The number of hydrogen-bond acceptors (Lipinski definition) is 1. The van der Waals surface area contributed by atoms with Crippen LogP contribution in [0.15, 0.2) is 18.2 Å². The average molecular weight is 144 g/mol. The summed E-state index contributed by atoms with van der Waals surface area (Å²) in [6.45, 7) is 2.02. The second-order valence-electron chi connectivity index (χ2n) is 2.77. The molecule has 0 atom stereocenters. The Morgan fingerprint density at radius 1 is 1.18 bits per heavy atom. The topological polar surface area (TPSA) is 17.1 Å². The zero-order valence-corrected chi connectivity index (χ0v) is 6.29. The van der Waals surface area contributed by atoms with E-state index < -0.39 is 0 Å². The van der Waals surface area contributed by atoms with Crippen LogP contribution < -0.4 is 10.4 Å². The van der Waals surface area contributed by atoms with Gasteiger partial charge in [-0.2, -0.15) is 0 Å². The van der Waals surface area contributed by atoms with Crippen molar-refractivity contribution in [1.29, 1.82) is 0 Å². The van der Waals surface area contributed by atoms with E-state index in [9.17, 15) is 4.79 Å². The predicted molar refractivity (Wildman–Crippen MR) is 44.4 cm³/mol. The first-order valence-corrected chi connectivity index (χ1v) is 3.60. The number of aryl methyl sites for hydroxylation is 1. The Bertz CT molecular complexity index is 427. The molecule has 1 aliphatic rings. The van der Waals surface area contributed by atoms with E-state index in [-0.39, 0.29) is 5.78 Å². The van der Waals surface area contributed by atoms with Gasteiger partial charge in [-0.05, 0) is 35.1 Å². The van der Waals surface area contributed by atoms with Crippen LogP contribution in [0.2, 0.25) is 0 Å². The van der Waals surface area contributed by atoms with E-state index in [0.29, 0.717) is 0 Å². The summed E-state index contributed by atoms with van der Waals surface area (Å²) in [4.78, 5) is 10.9. The van der Waals surface area contributed by atoms with Crippen molar-refractivity contribution in [2.45, 2.75) is 6.92 Å². The van der Waals surface area contributed by atoms with E-state index in [4.69, 9.17) is 0 Å². The highest BCUT2D eigenvalue weighted by molar-refractivity contribution is 6.26. The molecule has 0 spiro atoms. The van der Waals surface area contributed by atoms with Gasteiger partial charge >= 0.3 is 0 Å². The molecule has 1 nitrogen and oxygen atoms in total. The molecule has 1 heteroatoms. The van der Waals surface area contributed by atoms with E-state index >= 15 is 0 Å². The maximum atomic E-state index is 10.9. The summed E-state index contributed by atoms with van der Waals surface area (Å²) in [6, 6.07) is 5.95. The lowest BCUT2D eigenvalue weighted by Gasteiger charge is -1.89. The number of ketones is 1. The van der Waals surface area contributed by atoms with Gasteiger partial charge in [0.05, 0.1) is 0 Å². The van der Waals surface area contributed by atoms with Crippen LogP contribution >= 0.6 is 0 Å². The van der Waals surface area contributed by atoms with E-state index in [1.54, 1.807) is 12.2 Å². The van der Waals surface area contributed by atoms with Crippen molar-refractivity contribution < 1.29 is 4.79 Å². The van der Waals surface area contributed by atoms with Crippen LogP contribution in [-0.4, -0.2) is 5.78 Å². The van der Waals surface area contributed by atoms with Gasteiger partial charge in [0.15, 0.2) is 5.78 Å². The normalized spacial score (nSPS) is 13.7. The number of fused-ring (bicyclic) bond motifs is 1. The molecule has 0 saturated carbocycles. The average Bonchev–Trinajstić information content (AvgIpc) is 2.31. The largest absolute Gasteiger partial charge is 0.290 e. The van der Waals surface area contributed by atoms with E-state index in [2.05, 4.69) is 0 Å². The van der Waals surface area contributed by atoms with Gasteiger partial charge in [0, 0.05) is 0 Å². The minimum atomic E-state index is 0.106. The summed E-state index contributed by atoms with van der Waals surface area (Å²) in [7, 11) is 0. The van der Waals surface area contributed by atoms with Crippen molar-refractivity contribution in [2.75, 3.05) is 0 Å². The molecule has 1 aromatic carbocycles. The monoisotopic (exact) mass is 144 g/mol. The van der Waals surface area contributed by atoms with Gasteiger partial charge in [0.1, 0.15) is 0 Å². The summed E-state index contributed by atoms with van der Waals surface area (Å²) in [5, 5.41) is 2.13. The summed E-state index contributed by atoms with van der Waals surface area (Å²) in [6.07, 6.45) is 3.35. The molecule has 0 fully saturated rings. The third-order valence-corrected chi connectivity index (χ3v) is 1.94. The first-order valence-electron chi connectivity index (χ1n) is 3.60. The molecule has 0 saturated heterocycles. The minimum absolute atomic E-state index is 0.106. The maximum absolute atomic E-state index is 10.9. The fraction of sp³-hybridized carbons (Fsp3) is 0.100. The first kappa shape index (κ1) is 6.35. The Balaban J connectivity index is 2.97. The quantitative estimate of drug-likeness (QED) is 0.506. The minimum Gasteiger partial charge on any atom is -0.290 e. The molecule has 0 unspecified atom stereocenters. The number of carbonyl (C=O) groups is 1. The van der Waals surface area contributed by atoms with Crippen molar-refractivity contribution in [1.82, 2.24) is 0 Å². The molecule has 0 N–H and O–H groups in total. The van der Waals surface area contributed by atoms with Crippen LogP contribution in [0.25, 0.3) is 12.2 Å². The Hall–Kier alpha value is -1.37. The van der Waals surface area contributed by atoms with Crippen LogP contribution in [0.5, 0.6) is 0 Å². The van der Waals surface area contributed by atoms with Crippen LogP contribution in [0.3, 0.4) is 0 Å². The molecule has 0 heterocycles. The molecule has 0 aromatic heterocycles. The Morgan fingerprint density at radius 2 is 2.00 bits per heavy atom. The zero-order chi connectivity index (χ0) is 7.84. The van der Waals surface area contributed by atoms with Crippen molar-refractivity contribution in [3.05, 3.63) is 34.2 Å². The number of carbonyl (C=O) groups excluding carboxylic acids is 1. The molecule has 0 bridgehead atoms. The van der Waals surface area contributed by atoms with Gasteiger partial charge in [-0.1, -0.05) is 18.2 Å². The second-order valence-corrected chi connectivity index (χ2v) is 2.77. The van der Waals surface area contributed by atoms with Gasteiger partial charge < -0.3 is 0 Å². The lowest BCUT2D eigenvalue weighted by atomic mass is 10.2. The zero-order valence-electron chi connectivity index (χ0n) is 6.29. The van der Waals surface area contributed by atoms with E-state index in [1.165, 1.54) is 5.56 Å². The van der Waals surface area contributed by atoms with Crippen molar-refractivity contribution in [3.8, 4) is 0 Å². The van der Waals surface area contributed by atoms with Gasteiger partial charge in [0.25, 0.3) is 0 Å². The fourth-order valence-corrected chi connectivity index (χ4v) is 1.36. The summed E-state index contributed by atoms with van der Waals surface area (Å²) in [5.41, 5.74) is 1.17. The van der Waals surface area contributed by atoms with Crippen LogP contribution in [0.1, 0.15) is 5.56 Å². The highest BCUT2D eigenvalue weighted by Gasteiger charge is 2.01. The van der Waals surface area contributed by atoms with Gasteiger partial charge in [-0.3, -0.25) is 4.79 Å². The smallest absolute Gasteiger partial charge is 0.179 e. The van der Waals surface area contributed by atoms with Crippen LogP contribution in [0, 0.1) is 6.92 Å². The van der Waals surface area contributed by atoms with E-state index in [1.807, 2.05) is 25.1 Å². The van der Waals surface area contributed by atoms with Crippen molar-refractivity contribution >= 4 is 17.9 Å². The first-order chi connectivity index (χ1) is 5.27. The van der Waals surface area contributed by atoms with Gasteiger partial charge in [0.2, 0.25) is 0 Å². The molecule has 1 aromatic rings. The van der Waals surface area contributed by atoms with E-state index in [0.717, 1.165) is 10.4 Å². The highest BCUT2D eigenvalue weighted by atomic mass is 16.1. The molecular weight excluding hydrogens is 136 g/mol. The van der Waals surface area contributed by atoms with Crippen LogP contribution in [0.4, 0.5) is 0 Å².